The minimum absolute atomic E-state index is 0.130. The van der Waals surface area contributed by atoms with Gasteiger partial charge >= 0.3 is 5.97 Å². The summed E-state index contributed by atoms with van der Waals surface area (Å²) in [7, 11) is 0. The number of halogens is 1. The average Bonchev–Trinajstić information content (AvgIpc) is 3.07. The highest BCUT2D eigenvalue weighted by molar-refractivity contribution is 9.10. The first-order chi connectivity index (χ1) is 12.0. The maximum atomic E-state index is 11.9. The standard InChI is InChI=1S/C16H12BrN3O4S/c17-11-3-1-2-10(6-11)15(23)18-8-14(22)24-9-12-7-13(21)20-4-5-25-16(20)19-12/h1-7H,8-9H2,(H,18,23). The number of thiazole rings is 1. The lowest BCUT2D eigenvalue weighted by molar-refractivity contribution is -0.143. The van der Waals surface area contributed by atoms with E-state index in [0.717, 1.165) is 4.47 Å². The molecule has 1 aromatic carbocycles. The summed E-state index contributed by atoms with van der Waals surface area (Å²) in [6.07, 6.45) is 1.63. The molecule has 2 heterocycles. The van der Waals surface area contributed by atoms with Crippen LogP contribution < -0.4 is 10.9 Å². The van der Waals surface area contributed by atoms with Gasteiger partial charge in [-0.15, -0.1) is 11.3 Å². The Morgan fingerprint density at radius 3 is 2.96 bits per heavy atom. The van der Waals surface area contributed by atoms with E-state index in [9.17, 15) is 14.4 Å². The number of fused-ring (bicyclic) bond motifs is 1. The minimum atomic E-state index is -0.614. The molecule has 0 radical (unpaired) electrons. The van der Waals surface area contributed by atoms with Crippen LogP contribution in [0.2, 0.25) is 0 Å². The zero-order chi connectivity index (χ0) is 17.8. The second-order valence-corrected chi connectivity index (χ2v) is 6.78. The number of nitrogens with zero attached hydrogens (tertiary/aromatic N) is 2. The molecule has 25 heavy (non-hydrogen) atoms. The Balaban J connectivity index is 1.54. The van der Waals surface area contributed by atoms with Crippen molar-refractivity contribution in [1.29, 1.82) is 0 Å². The lowest BCUT2D eigenvalue weighted by atomic mass is 10.2. The summed E-state index contributed by atoms with van der Waals surface area (Å²) in [5.74, 6) is -0.994. The molecule has 2 aromatic heterocycles. The van der Waals surface area contributed by atoms with Crippen LogP contribution in [0.4, 0.5) is 0 Å². The van der Waals surface area contributed by atoms with Gasteiger partial charge in [0.1, 0.15) is 13.2 Å². The predicted molar refractivity (Wildman–Crippen MR) is 95.6 cm³/mol. The van der Waals surface area contributed by atoms with Crippen molar-refractivity contribution in [2.24, 2.45) is 0 Å². The van der Waals surface area contributed by atoms with Crippen LogP contribution in [0.1, 0.15) is 16.1 Å². The number of esters is 1. The number of carbonyl (C=O) groups is 2. The van der Waals surface area contributed by atoms with Crippen LogP contribution in [-0.4, -0.2) is 27.8 Å². The SMILES string of the molecule is O=C(CNC(=O)c1cccc(Br)c1)OCc1cc(=O)n2ccsc2n1. The largest absolute Gasteiger partial charge is 0.458 e. The molecule has 0 aliphatic rings. The lowest BCUT2D eigenvalue weighted by Crippen LogP contribution is -2.30. The van der Waals surface area contributed by atoms with Gasteiger partial charge in [0.25, 0.3) is 11.5 Å². The molecular formula is C16H12BrN3O4S. The molecule has 7 nitrogen and oxygen atoms in total. The van der Waals surface area contributed by atoms with Gasteiger partial charge in [0, 0.05) is 27.7 Å². The predicted octanol–water partition coefficient (Wildman–Crippen LogP) is 1.99. The molecule has 1 N–H and O–H groups in total. The number of hydrogen-bond acceptors (Lipinski definition) is 6. The fraction of sp³-hybridized carbons (Fsp3) is 0.125. The van der Waals surface area contributed by atoms with Crippen molar-refractivity contribution in [2.45, 2.75) is 6.61 Å². The van der Waals surface area contributed by atoms with E-state index in [0.29, 0.717) is 16.2 Å². The van der Waals surface area contributed by atoms with Crippen LogP contribution in [0.25, 0.3) is 4.96 Å². The molecular weight excluding hydrogens is 410 g/mol. The number of hydrogen-bond donors (Lipinski definition) is 1. The monoisotopic (exact) mass is 421 g/mol. The van der Waals surface area contributed by atoms with E-state index in [-0.39, 0.29) is 24.6 Å². The molecule has 0 spiro atoms. The average molecular weight is 422 g/mol. The van der Waals surface area contributed by atoms with Crippen molar-refractivity contribution < 1.29 is 14.3 Å². The number of aromatic nitrogens is 2. The van der Waals surface area contributed by atoms with Crippen LogP contribution in [0.5, 0.6) is 0 Å². The summed E-state index contributed by atoms with van der Waals surface area (Å²) in [6, 6.07) is 8.12. The highest BCUT2D eigenvalue weighted by Gasteiger charge is 2.10. The molecule has 128 valence electrons. The van der Waals surface area contributed by atoms with Crippen molar-refractivity contribution in [2.75, 3.05) is 6.54 Å². The van der Waals surface area contributed by atoms with Gasteiger partial charge in [0.2, 0.25) is 0 Å². The molecule has 0 unspecified atom stereocenters. The third kappa shape index (κ3) is 4.31. The molecule has 9 heteroatoms. The summed E-state index contributed by atoms with van der Waals surface area (Å²) < 4.78 is 7.23. The van der Waals surface area contributed by atoms with Crippen LogP contribution in [0, 0.1) is 0 Å². The van der Waals surface area contributed by atoms with Gasteiger partial charge in [-0.05, 0) is 18.2 Å². The Morgan fingerprint density at radius 1 is 1.32 bits per heavy atom. The van der Waals surface area contributed by atoms with E-state index in [2.05, 4.69) is 26.2 Å². The molecule has 3 rings (SSSR count). The lowest BCUT2D eigenvalue weighted by Gasteiger charge is -2.07. The molecule has 0 bridgehead atoms. The fourth-order valence-corrected chi connectivity index (χ4v) is 3.19. The van der Waals surface area contributed by atoms with Gasteiger partial charge in [-0.2, -0.15) is 0 Å². The molecule has 3 aromatic rings. The molecule has 0 atom stereocenters. The van der Waals surface area contributed by atoms with Gasteiger partial charge < -0.3 is 10.1 Å². The van der Waals surface area contributed by atoms with Gasteiger partial charge in [0.15, 0.2) is 4.96 Å². The number of nitrogens with one attached hydrogen (secondary N) is 1. The first-order valence-corrected chi connectivity index (χ1v) is 8.85. The molecule has 0 aliphatic heterocycles. The summed E-state index contributed by atoms with van der Waals surface area (Å²) >= 11 is 4.59. The highest BCUT2D eigenvalue weighted by Crippen LogP contribution is 2.11. The van der Waals surface area contributed by atoms with E-state index in [1.165, 1.54) is 21.8 Å². The number of benzene rings is 1. The van der Waals surface area contributed by atoms with E-state index in [1.54, 1.807) is 35.8 Å². The van der Waals surface area contributed by atoms with E-state index < -0.39 is 5.97 Å². The van der Waals surface area contributed by atoms with E-state index in [1.807, 2.05) is 0 Å². The zero-order valence-electron chi connectivity index (χ0n) is 12.8. The molecule has 0 saturated heterocycles. The Labute approximate surface area is 154 Å². The second kappa shape index (κ2) is 7.58. The number of amides is 1. The Hall–Kier alpha value is -2.52. The first-order valence-electron chi connectivity index (χ1n) is 7.18. The van der Waals surface area contributed by atoms with Gasteiger partial charge in [-0.1, -0.05) is 22.0 Å². The van der Waals surface area contributed by atoms with E-state index in [4.69, 9.17) is 4.74 Å². The normalized spacial score (nSPS) is 10.6. The van der Waals surface area contributed by atoms with Crippen molar-refractivity contribution in [3.63, 3.8) is 0 Å². The number of ether oxygens (including phenoxy) is 1. The molecule has 0 aliphatic carbocycles. The summed E-state index contributed by atoms with van der Waals surface area (Å²) in [6.45, 7) is -0.402. The van der Waals surface area contributed by atoms with Crippen LogP contribution >= 0.6 is 27.3 Å². The highest BCUT2D eigenvalue weighted by atomic mass is 79.9. The summed E-state index contributed by atoms with van der Waals surface area (Å²) in [5.41, 5.74) is 0.555. The molecule has 0 saturated carbocycles. The quantitative estimate of drug-likeness (QED) is 0.636. The van der Waals surface area contributed by atoms with Crippen molar-refractivity contribution in [1.82, 2.24) is 14.7 Å². The van der Waals surface area contributed by atoms with Crippen LogP contribution in [0.3, 0.4) is 0 Å². The Bertz CT molecular complexity index is 998. The Morgan fingerprint density at radius 2 is 2.16 bits per heavy atom. The maximum absolute atomic E-state index is 11.9. The number of rotatable bonds is 5. The third-order valence-corrected chi connectivity index (χ3v) is 4.47. The zero-order valence-corrected chi connectivity index (χ0v) is 15.2. The maximum Gasteiger partial charge on any atom is 0.325 e. The molecule has 1 amide bonds. The van der Waals surface area contributed by atoms with Crippen molar-refractivity contribution in [3.8, 4) is 0 Å². The number of carbonyl (C=O) groups excluding carboxylic acids is 2. The fourth-order valence-electron chi connectivity index (χ4n) is 2.05. The van der Waals surface area contributed by atoms with Gasteiger partial charge in [-0.3, -0.25) is 18.8 Å². The topological polar surface area (TPSA) is 89.8 Å². The Kier molecular flexibility index (Phi) is 5.25. The van der Waals surface area contributed by atoms with E-state index >= 15 is 0 Å². The first kappa shape index (κ1) is 17.3. The van der Waals surface area contributed by atoms with Crippen LogP contribution in [-0.2, 0) is 16.1 Å². The van der Waals surface area contributed by atoms with Crippen molar-refractivity contribution in [3.05, 3.63) is 68.0 Å². The third-order valence-electron chi connectivity index (χ3n) is 3.22. The summed E-state index contributed by atoms with van der Waals surface area (Å²) in [5, 5.41) is 4.23. The smallest absolute Gasteiger partial charge is 0.325 e. The second-order valence-electron chi connectivity index (χ2n) is 5.00. The van der Waals surface area contributed by atoms with Crippen molar-refractivity contribution >= 4 is 44.1 Å². The van der Waals surface area contributed by atoms with Gasteiger partial charge in [-0.25, -0.2) is 4.98 Å². The summed E-state index contributed by atoms with van der Waals surface area (Å²) in [4.78, 5) is 40.3. The minimum Gasteiger partial charge on any atom is -0.458 e. The molecule has 0 fully saturated rings. The van der Waals surface area contributed by atoms with Gasteiger partial charge in [0.05, 0.1) is 5.69 Å². The van der Waals surface area contributed by atoms with Crippen LogP contribution in [0.15, 0.2) is 51.2 Å².